The number of hydrogen-bond acceptors (Lipinski definition) is 3. The van der Waals surface area contributed by atoms with Gasteiger partial charge in [-0.3, -0.25) is 0 Å². The van der Waals surface area contributed by atoms with Gasteiger partial charge in [0.25, 0.3) is 0 Å². The Balaban J connectivity index is 1.95. The molecule has 0 aliphatic carbocycles. The molecule has 1 atom stereocenters. The molecule has 0 saturated carbocycles. The van der Waals surface area contributed by atoms with Crippen molar-refractivity contribution in [3.8, 4) is 0 Å². The van der Waals surface area contributed by atoms with Crippen molar-refractivity contribution in [3.05, 3.63) is 35.4 Å². The molecule has 1 fully saturated rings. The van der Waals surface area contributed by atoms with E-state index in [1.165, 1.54) is 11.1 Å². The minimum Gasteiger partial charge on any atom is -0.306 e. The molecule has 1 aliphatic heterocycles. The lowest BCUT2D eigenvalue weighted by molar-refractivity contribution is 0.395. The summed E-state index contributed by atoms with van der Waals surface area (Å²) in [7, 11) is -2.83. The van der Waals surface area contributed by atoms with Gasteiger partial charge in [-0.05, 0) is 30.9 Å². The summed E-state index contributed by atoms with van der Waals surface area (Å²) in [5.74, 6) is 0.568. The summed E-state index contributed by atoms with van der Waals surface area (Å²) in [6, 6.07) is 8.48. The van der Waals surface area contributed by atoms with Gasteiger partial charge in [0.05, 0.1) is 11.5 Å². The van der Waals surface area contributed by atoms with Gasteiger partial charge >= 0.3 is 0 Å². The van der Waals surface area contributed by atoms with Crippen molar-refractivity contribution in [2.24, 2.45) is 0 Å². The average Bonchev–Trinajstić information content (AvgIpc) is 2.62. The van der Waals surface area contributed by atoms with Crippen LogP contribution in [-0.4, -0.2) is 25.5 Å². The van der Waals surface area contributed by atoms with Crippen LogP contribution in [0.1, 0.15) is 31.4 Å². The number of rotatable bonds is 4. The summed E-state index contributed by atoms with van der Waals surface area (Å²) in [4.78, 5) is 0. The number of nitrogens with one attached hydrogen (secondary N) is 1. The highest BCUT2D eigenvalue weighted by Crippen LogP contribution is 2.23. The van der Waals surface area contributed by atoms with E-state index in [2.05, 4.69) is 36.5 Å². The van der Waals surface area contributed by atoms with Crippen LogP contribution in [0.2, 0.25) is 0 Å². The Labute approximate surface area is 110 Å². The van der Waals surface area contributed by atoms with Crippen LogP contribution >= 0.6 is 0 Å². The van der Waals surface area contributed by atoms with E-state index in [1.807, 2.05) is 6.92 Å². The van der Waals surface area contributed by atoms with Crippen molar-refractivity contribution in [2.45, 2.75) is 38.8 Å². The van der Waals surface area contributed by atoms with Crippen LogP contribution < -0.4 is 5.32 Å². The maximum atomic E-state index is 11.5. The molecule has 1 N–H and O–H groups in total. The molecule has 4 heteroatoms. The van der Waals surface area contributed by atoms with Crippen molar-refractivity contribution >= 4 is 9.84 Å². The average molecular weight is 267 g/mol. The Morgan fingerprint density at radius 2 is 1.83 bits per heavy atom. The Morgan fingerprint density at radius 3 is 2.33 bits per heavy atom. The molecule has 1 heterocycles. The minimum absolute atomic E-state index is 0.257. The fraction of sp³-hybridized carbons (Fsp3) is 0.571. The Kier molecular flexibility index (Phi) is 3.78. The fourth-order valence-corrected chi connectivity index (χ4v) is 4.48. The summed E-state index contributed by atoms with van der Waals surface area (Å²) in [5, 5.41) is 3.39. The van der Waals surface area contributed by atoms with Gasteiger partial charge in [0, 0.05) is 12.1 Å². The quantitative estimate of drug-likeness (QED) is 0.906. The third-order valence-electron chi connectivity index (χ3n) is 3.65. The third-order valence-corrected chi connectivity index (χ3v) is 5.56. The van der Waals surface area contributed by atoms with E-state index < -0.39 is 9.84 Å². The molecule has 0 aromatic heterocycles. The molecule has 2 rings (SSSR count). The van der Waals surface area contributed by atoms with Crippen LogP contribution in [-0.2, 0) is 22.8 Å². The summed E-state index contributed by atoms with van der Waals surface area (Å²) in [6.45, 7) is 4.87. The summed E-state index contributed by atoms with van der Waals surface area (Å²) < 4.78 is 23.0. The highest BCUT2D eigenvalue weighted by Gasteiger charge is 2.37. The second-order valence-electron chi connectivity index (χ2n) is 5.43. The van der Waals surface area contributed by atoms with Crippen LogP contribution in [0, 0.1) is 0 Å². The van der Waals surface area contributed by atoms with Gasteiger partial charge in [-0.1, -0.05) is 31.2 Å². The van der Waals surface area contributed by atoms with Crippen molar-refractivity contribution in [1.82, 2.24) is 5.32 Å². The lowest BCUT2D eigenvalue weighted by Crippen LogP contribution is -2.42. The summed E-state index contributed by atoms with van der Waals surface area (Å²) >= 11 is 0. The molecule has 3 nitrogen and oxygen atoms in total. The van der Waals surface area contributed by atoms with Crippen LogP contribution in [0.5, 0.6) is 0 Å². The molecule has 1 aliphatic rings. The standard InChI is InChI=1S/C14H21NO2S/c1-3-12-4-6-13(7-5-12)10-15-14(2)8-9-18(16,17)11-14/h4-7,15H,3,8-11H2,1-2H3. The molecular weight excluding hydrogens is 246 g/mol. The molecule has 100 valence electrons. The van der Waals surface area contributed by atoms with Gasteiger partial charge in [0.15, 0.2) is 9.84 Å². The normalized spacial score (nSPS) is 26.3. The lowest BCUT2D eigenvalue weighted by Gasteiger charge is -2.24. The smallest absolute Gasteiger partial charge is 0.152 e. The molecule has 1 unspecified atom stereocenters. The van der Waals surface area contributed by atoms with Crippen LogP contribution in [0.3, 0.4) is 0 Å². The van der Waals surface area contributed by atoms with Gasteiger partial charge in [-0.25, -0.2) is 8.42 Å². The fourth-order valence-electron chi connectivity index (χ4n) is 2.36. The van der Waals surface area contributed by atoms with E-state index in [1.54, 1.807) is 0 Å². The molecule has 0 bridgehead atoms. The van der Waals surface area contributed by atoms with Gasteiger partial charge < -0.3 is 5.32 Å². The number of hydrogen-bond donors (Lipinski definition) is 1. The van der Waals surface area contributed by atoms with Gasteiger partial charge in [0.2, 0.25) is 0 Å². The predicted octanol–water partition coefficient (Wildman–Crippen LogP) is 1.92. The minimum atomic E-state index is -2.83. The SMILES string of the molecule is CCc1ccc(CNC2(C)CCS(=O)(=O)C2)cc1. The lowest BCUT2D eigenvalue weighted by atomic mass is 10.0. The van der Waals surface area contributed by atoms with Crippen molar-refractivity contribution < 1.29 is 8.42 Å². The second-order valence-corrected chi connectivity index (χ2v) is 7.61. The maximum absolute atomic E-state index is 11.5. The monoisotopic (exact) mass is 267 g/mol. The van der Waals surface area contributed by atoms with E-state index in [0.29, 0.717) is 12.2 Å². The topological polar surface area (TPSA) is 46.2 Å². The Bertz CT molecular complexity index is 507. The first-order chi connectivity index (χ1) is 8.42. The number of benzene rings is 1. The number of aryl methyl sites for hydroxylation is 1. The molecule has 1 saturated heterocycles. The first kappa shape index (κ1) is 13.6. The second kappa shape index (κ2) is 5.02. The molecular formula is C14H21NO2S. The van der Waals surface area contributed by atoms with Crippen molar-refractivity contribution in [1.29, 1.82) is 0 Å². The van der Waals surface area contributed by atoms with E-state index in [-0.39, 0.29) is 11.3 Å². The van der Waals surface area contributed by atoms with Gasteiger partial charge in [0.1, 0.15) is 0 Å². The van der Waals surface area contributed by atoms with E-state index >= 15 is 0 Å². The van der Waals surface area contributed by atoms with Crippen LogP contribution in [0.4, 0.5) is 0 Å². The molecule has 0 amide bonds. The zero-order valence-corrected chi connectivity index (χ0v) is 11.9. The van der Waals surface area contributed by atoms with E-state index in [9.17, 15) is 8.42 Å². The molecule has 18 heavy (non-hydrogen) atoms. The summed E-state index contributed by atoms with van der Waals surface area (Å²) in [6.07, 6.45) is 1.76. The van der Waals surface area contributed by atoms with Crippen molar-refractivity contribution in [2.75, 3.05) is 11.5 Å². The maximum Gasteiger partial charge on any atom is 0.152 e. The zero-order valence-electron chi connectivity index (χ0n) is 11.1. The number of sulfone groups is 1. The first-order valence-electron chi connectivity index (χ1n) is 6.46. The largest absolute Gasteiger partial charge is 0.306 e. The van der Waals surface area contributed by atoms with Gasteiger partial charge in [-0.15, -0.1) is 0 Å². The highest BCUT2D eigenvalue weighted by molar-refractivity contribution is 7.91. The first-order valence-corrected chi connectivity index (χ1v) is 8.28. The Morgan fingerprint density at radius 1 is 1.22 bits per heavy atom. The highest BCUT2D eigenvalue weighted by atomic mass is 32.2. The van der Waals surface area contributed by atoms with Crippen LogP contribution in [0.15, 0.2) is 24.3 Å². The van der Waals surface area contributed by atoms with E-state index in [0.717, 1.165) is 13.0 Å². The molecule has 0 spiro atoms. The Hall–Kier alpha value is -0.870. The third kappa shape index (κ3) is 3.33. The van der Waals surface area contributed by atoms with Gasteiger partial charge in [-0.2, -0.15) is 0 Å². The summed E-state index contributed by atoms with van der Waals surface area (Å²) in [5.41, 5.74) is 2.27. The predicted molar refractivity (Wildman–Crippen MR) is 74.3 cm³/mol. The molecule has 0 radical (unpaired) electrons. The van der Waals surface area contributed by atoms with Crippen molar-refractivity contribution in [3.63, 3.8) is 0 Å². The molecule has 1 aromatic rings. The van der Waals surface area contributed by atoms with E-state index in [4.69, 9.17) is 0 Å². The van der Waals surface area contributed by atoms with Crippen LogP contribution in [0.25, 0.3) is 0 Å². The zero-order chi connectivity index (χ0) is 13.2. The molecule has 1 aromatic carbocycles.